The van der Waals surface area contributed by atoms with E-state index >= 15 is 0 Å². The minimum absolute atomic E-state index is 0.263. The first kappa shape index (κ1) is 10.7. The van der Waals surface area contributed by atoms with Crippen molar-refractivity contribution in [2.75, 3.05) is 0 Å². The van der Waals surface area contributed by atoms with Gasteiger partial charge in [0.15, 0.2) is 0 Å². The lowest BCUT2D eigenvalue weighted by atomic mass is 10.4. The van der Waals surface area contributed by atoms with Crippen LogP contribution in [-0.2, 0) is 12.6 Å². The number of halogens is 3. The van der Waals surface area contributed by atoms with E-state index in [1.165, 1.54) is 6.92 Å². The van der Waals surface area contributed by atoms with Crippen LogP contribution in [0.15, 0.2) is 6.58 Å². The fraction of sp³-hybridized carbons (Fsp3) is 0.500. The molecule has 0 atom stereocenters. The van der Waals surface area contributed by atoms with Gasteiger partial charge in [0, 0.05) is 12.1 Å². The molecule has 1 aromatic rings. The maximum absolute atomic E-state index is 12.4. The molecule has 0 aromatic carbocycles. The summed E-state index contributed by atoms with van der Waals surface area (Å²) in [5.74, 6) is -0.744. The van der Waals surface area contributed by atoms with Crippen molar-refractivity contribution in [2.24, 2.45) is 0 Å². The predicted octanol–water partition coefficient (Wildman–Crippen LogP) is 2.35. The Kier molecular flexibility index (Phi) is 2.64. The molecule has 1 rings (SSSR count). The van der Waals surface area contributed by atoms with Crippen LogP contribution in [0.4, 0.5) is 13.2 Å². The number of aromatic nitrogens is 3. The first-order valence-corrected chi connectivity index (χ1v) is 4.05. The van der Waals surface area contributed by atoms with E-state index in [-0.39, 0.29) is 11.5 Å². The highest BCUT2D eigenvalue weighted by Gasteiger charge is 2.38. The van der Waals surface area contributed by atoms with Crippen LogP contribution in [-0.4, -0.2) is 14.8 Å². The Labute approximate surface area is 79.3 Å². The van der Waals surface area contributed by atoms with Gasteiger partial charge in [-0.2, -0.15) is 13.2 Å². The molecule has 0 fully saturated rings. The number of rotatable bonds is 2. The summed E-state index contributed by atoms with van der Waals surface area (Å²) >= 11 is 0. The maximum atomic E-state index is 12.4. The Morgan fingerprint density at radius 2 is 2.00 bits per heavy atom. The van der Waals surface area contributed by atoms with Gasteiger partial charge in [-0.25, -0.2) is 0 Å². The summed E-state index contributed by atoms with van der Waals surface area (Å²) in [5.41, 5.74) is 0.263. The summed E-state index contributed by atoms with van der Waals surface area (Å²) in [7, 11) is 0. The lowest BCUT2D eigenvalue weighted by Crippen LogP contribution is -2.14. The van der Waals surface area contributed by atoms with Crippen molar-refractivity contribution in [2.45, 2.75) is 26.4 Å². The highest BCUT2D eigenvalue weighted by Crippen LogP contribution is 2.29. The molecule has 0 N–H and O–H groups in total. The second-order valence-electron chi connectivity index (χ2n) is 2.86. The van der Waals surface area contributed by atoms with Crippen molar-refractivity contribution in [1.29, 1.82) is 0 Å². The quantitative estimate of drug-likeness (QED) is 0.741. The first-order valence-electron chi connectivity index (χ1n) is 4.05. The Morgan fingerprint density at radius 1 is 1.43 bits per heavy atom. The lowest BCUT2D eigenvalue weighted by Gasteiger charge is -2.10. The third kappa shape index (κ3) is 1.78. The molecule has 0 aliphatic heterocycles. The van der Waals surface area contributed by atoms with Crippen molar-refractivity contribution >= 4 is 5.70 Å². The van der Waals surface area contributed by atoms with Gasteiger partial charge in [-0.15, -0.1) is 10.2 Å². The summed E-state index contributed by atoms with van der Waals surface area (Å²) < 4.78 is 38.1. The summed E-state index contributed by atoms with van der Waals surface area (Å²) in [6.45, 7) is 6.66. The lowest BCUT2D eigenvalue weighted by molar-refractivity contribution is -0.146. The zero-order valence-electron chi connectivity index (χ0n) is 7.89. The third-order valence-corrected chi connectivity index (χ3v) is 1.68. The normalized spacial score (nSPS) is 11.8. The minimum atomic E-state index is -4.49. The Bertz CT molecular complexity index is 351. The van der Waals surface area contributed by atoms with Crippen LogP contribution in [0, 0.1) is 0 Å². The van der Waals surface area contributed by atoms with Crippen molar-refractivity contribution in [3.8, 4) is 0 Å². The van der Waals surface area contributed by atoms with Gasteiger partial charge in [0.25, 0.3) is 0 Å². The Hall–Kier alpha value is -1.33. The zero-order valence-corrected chi connectivity index (χ0v) is 7.89. The molecule has 0 radical (unpaired) electrons. The fourth-order valence-electron chi connectivity index (χ4n) is 1.13. The Balaban J connectivity index is 3.32. The highest BCUT2D eigenvalue weighted by atomic mass is 19.4. The first-order chi connectivity index (χ1) is 6.38. The number of hydrogen-bond acceptors (Lipinski definition) is 2. The van der Waals surface area contributed by atoms with Crippen LogP contribution in [0.1, 0.15) is 25.5 Å². The number of alkyl halides is 3. The molecular formula is C8H10F3N3. The van der Waals surface area contributed by atoms with Crippen LogP contribution >= 0.6 is 0 Å². The molecule has 3 nitrogen and oxygen atoms in total. The number of nitrogens with zero attached hydrogens (tertiary/aromatic N) is 3. The highest BCUT2D eigenvalue weighted by molar-refractivity contribution is 5.40. The Morgan fingerprint density at radius 3 is 2.36 bits per heavy atom. The molecule has 0 saturated heterocycles. The third-order valence-electron chi connectivity index (χ3n) is 1.68. The monoisotopic (exact) mass is 205 g/mol. The molecule has 0 unspecified atom stereocenters. The van der Waals surface area contributed by atoms with Crippen molar-refractivity contribution in [1.82, 2.24) is 14.8 Å². The van der Waals surface area contributed by atoms with Crippen LogP contribution in [0.25, 0.3) is 5.70 Å². The molecule has 0 spiro atoms. The van der Waals surface area contributed by atoms with E-state index in [0.717, 1.165) is 4.57 Å². The summed E-state index contributed by atoms with van der Waals surface area (Å²) in [6.07, 6.45) is -4.10. The van der Waals surface area contributed by atoms with Crippen molar-refractivity contribution < 1.29 is 13.2 Å². The molecule has 0 bridgehead atoms. The van der Waals surface area contributed by atoms with E-state index in [0.29, 0.717) is 6.42 Å². The molecule has 0 saturated carbocycles. The molecule has 14 heavy (non-hydrogen) atoms. The molecule has 0 aliphatic rings. The minimum Gasteiger partial charge on any atom is -0.280 e. The molecule has 0 aliphatic carbocycles. The second-order valence-corrected chi connectivity index (χ2v) is 2.86. The summed E-state index contributed by atoms with van der Waals surface area (Å²) in [4.78, 5) is 0. The largest absolute Gasteiger partial charge is 0.452 e. The topological polar surface area (TPSA) is 30.7 Å². The van der Waals surface area contributed by atoms with Gasteiger partial charge in [-0.05, 0) is 6.92 Å². The molecular weight excluding hydrogens is 195 g/mol. The summed E-state index contributed by atoms with van der Waals surface area (Å²) in [5, 5.41) is 6.56. The van der Waals surface area contributed by atoms with E-state index in [2.05, 4.69) is 16.8 Å². The van der Waals surface area contributed by atoms with E-state index in [4.69, 9.17) is 0 Å². The van der Waals surface area contributed by atoms with Crippen LogP contribution in [0.3, 0.4) is 0 Å². The average molecular weight is 205 g/mol. The smallest absolute Gasteiger partial charge is 0.280 e. The van der Waals surface area contributed by atoms with E-state index in [9.17, 15) is 13.2 Å². The average Bonchev–Trinajstić information content (AvgIpc) is 2.45. The predicted molar refractivity (Wildman–Crippen MR) is 45.4 cm³/mol. The van der Waals surface area contributed by atoms with E-state index in [1.54, 1.807) is 6.92 Å². The van der Waals surface area contributed by atoms with Crippen LogP contribution in [0.5, 0.6) is 0 Å². The second kappa shape index (κ2) is 3.43. The molecule has 1 heterocycles. The van der Waals surface area contributed by atoms with Crippen molar-refractivity contribution in [3.63, 3.8) is 0 Å². The van der Waals surface area contributed by atoms with E-state index in [1.807, 2.05) is 0 Å². The van der Waals surface area contributed by atoms with Gasteiger partial charge in [-0.1, -0.05) is 13.5 Å². The van der Waals surface area contributed by atoms with Gasteiger partial charge in [-0.3, -0.25) is 4.57 Å². The van der Waals surface area contributed by atoms with Crippen molar-refractivity contribution in [3.05, 3.63) is 18.2 Å². The summed E-state index contributed by atoms with van der Waals surface area (Å²) in [6, 6.07) is 0. The zero-order chi connectivity index (χ0) is 10.9. The van der Waals surface area contributed by atoms with Crippen LogP contribution in [0.2, 0.25) is 0 Å². The standard InChI is InChI=1S/C8H10F3N3/c1-4-6-12-13-7(8(9,10)11)14(6)5(2)3/h2,4H2,1,3H3. The molecule has 0 amide bonds. The molecule has 1 aromatic heterocycles. The number of allylic oxidation sites excluding steroid dienone is 1. The van der Waals surface area contributed by atoms with Gasteiger partial charge >= 0.3 is 6.18 Å². The SMILES string of the molecule is C=C(C)n1c(CC)nnc1C(F)(F)F. The van der Waals surface area contributed by atoms with Crippen LogP contribution < -0.4 is 0 Å². The van der Waals surface area contributed by atoms with Gasteiger partial charge in [0.1, 0.15) is 5.82 Å². The van der Waals surface area contributed by atoms with Gasteiger partial charge < -0.3 is 0 Å². The number of hydrogen-bond donors (Lipinski definition) is 0. The molecule has 6 heteroatoms. The fourth-order valence-corrected chi connectivity index (χ4v) is 1.13. The van der Waals surface area contributed by atoms with E-state index < -0.39 is 12.0 Å². The van der Waals surface area contributed by atoms with Gasteiger partial charge in [0.2, 0.25) is 5.82 Å². The molecule has 78 valence electrons. The number of aryl methyl sites for hydroxylation is 1. The van der Waals surface area contributed by atoms with Gasteiger partial charge in [0.05, 0.1) is 0 Å². The maximum Gasteiger partial charge on any atom is 0.452 e.